The quantitative estimate of drug-likeness (QED) is 0.880. The summed E-state index contributed by atoms with van der Waals surface area (Å²) in [7, 11) is -3.63. The van der Waals surface area contributed by atoms with Crippen LogP contribution in [0.2, 0.25) is 5.02 Å². The highest BCUT2D eigenvalue weighted by molar-refractivity contribution is 7.89. The Morgan fingerprint density at radius 2 is 2.00 bits per heavy atom. The van der Waals surface area contributed by atoms with E-state index in [4.69, 9.17) is 11.6 Å². The molecule has 0 heterocycles. The number of halogens is 1. The molecule has 0 saturated heterocycles. The molecule has 0 aliphatic heterocycles. The Morgan fingerprint density at radius 1 is 1.41 bits per heavy atom. The number of hydrogen-bond acceptors (Lipinski definition) is 3. The molecule has 1 aromatic carbocycles. The van der Waals surface area contributed by atoms with Gasteiger partial charge in [0.25, 0.3) is 0 Å². The van der Waals surface area contributed by atoms with E-state index in [-0.39, 0.29) is 11.4 Å². The van der Waals surface area contributed by atoms with Crippen LogP contribution in [0.5, 0.6) is 0 Å². The average molecular weight is 278 g/mol. The van der Waals surface area contributed by atoms with E-state index in [2.05, 4.69) is 4.72 Å². The minimum Gasteiger partial charge on any atom is -0.389 e. The van der Waals surface area contributed by atoms with Crippen LogP contribution in [0.25, 0.3) is 0 Å². The van der Waals surface area contributed by atoms with Crippen LogP contribution >= 0.6 is 11.6 Å². The molecular formula is C11H16ClNO3S. The van der Waals surface area contributed by atoms with E-state index in [1.54, 1.807) is 13.0 Å². The molecule has 0 aliphatic carbocycles. The zero-order valence-corrected chi connectivity index (χ0v) is 11.6. The highest BCUT2D eigenvalue weighted by Gasteiger charge is 2.20. The molecule has 0 unspecified atom stereocenters. The van der Waals surface area contributed by atoms with Crippen molar-refractivity contribution in [2.24, 2.45) is 0 Å². The van der Waals surface area contributed by atoms with Gasteiger partial charge in [-0.25, -0.2) is 13.1 Å². The Balaban J connectivity index is 2.94. The summed E-state index contributed by atoms with van der Waals surface area (Å²) < 4.78 is 26.0. The van der Waals surface area contributed by atoms with Gasteiger partial charge >= 0.3 is 0 Å². The molecular weight excluding hydrogens is 262 g/mol. The summed E-state index contributed by atoms with van der Waals surface area (Å²) in [6, 6.07) is 4.51. The lowest BCUT2D eigenvalue weighted by atomic mass is 10.1. The van der Waals surface area contributed by atoms with Crippen LogP contribution < -0.4 is 4.72 Å². The van der Waals surface area contributed by atoms with Crippen LogP contribution in [0, 0.1) is 6.92 Å². The second-order valence-electron chi connectivity index (χ2n) is 4.55. The van der Waals surface area contributed by atoms with E-state index in [0.717, 1.165) is 5.56 Å². The molecule has 2 N–H and O–H groups in total. The van der Waals surface area contributed by atoms with Crippen LogP contribution in [0.3, 0.4) is 0 Å². The normalized spacial score (nSPS) is 12.8. The van der Waals surface area contributed by atoms with Crippen molar-refractivity contribution >= 4 is 21.6 Å². The highest BCUT2D eigenvalue weighted by atomic mass is 35.5. The molecule has 0 fully saturated rings. The van der Waals surface area contributed by atoms with Gasteiger partial charge in [0, 0.05) is 11.6 Å². The van der Waals surface area contributed by atoms with Gasteiger partial charge < -0.3 is 5.11 Å². The summed E-state index contributed by atoms with van der Waals surface area (Å²) in [5.74, 6) is 0. The van der Waals surface area contributed by atoms with Crippen molar-refractivity contribution in [2.45, 2.75) is 31.3 Å². The van der Waals surface area contributed by atoms with Gasteiger partial charge in [-0.2, -0.15) is 0 Å². The number of nitrogens with one attached hydrogen (secondary N) is 1. The van der Waals surface area contributed by atoms with Gasteiger partial charge in [0.2, 0.25) is 10.0 Å². The molecule has 0 aliphatic rings. The molecule has 6 heteroatoms. The Morgan fingerprint density at radius 3 is 2.47 bits per heavy atom. The third-order valence-electron chi connectivity index (χ3n) is 2.15. The van der Waals surface area contributed by atoms with Crippen molar-refractivity contribution in [3.05, 3.63) is 28.8 Å². The van der Waals surface area contributed by atoms with E-state index in [9.17, 15) is 13.5 Å². The molecule has 0 atom stereocenters. The van der Waals surface area contributed by atoms with E-state index in [0.29, 0.717) is 5.02 Å². The molecule has 0 aromatic heterocycles. The fraction of sp³-hybridized carbons (Fsp3) is 0.455. The van der Waals surface area contributed by atoms with E-state index >= 15 is 0 Å². The summed E-state index contributed by atoms with van der Waals surface area (Å²) in [5, 5.41) is 9.87. The van der Waals surface area contributed by atoms with Gasteiger partial charge in [0.1, 0.15) is 0 Å². The summed E-state index contributed by atoms with van der Waals surface area (Å²) >= 11 is 5.87. The van der Waals surface area contributed by atoms with Crippen LogP contribution in [0.1, 0.15) is 19.4 Å². The molecule has 1 aromatic rings. The van der Waals surface area contributed by atoms with Gasteiger partial charge in [0.05, 0.1) is 10.5 Å². The van der Waals surface area contributed by atoms with Crippen molar-refractivity contribution < 1.29 is 13.5 Å². The van der Waals surface area contributed by atoms with Gasteiger partial charge in [-0.3, -0.25) is 0 Å². The third-order valence-corrected chi connectivity index (χ3v) is 3.95. The second kappa shape index (κ2) is 4.94. The van der Waals surface area contributed by atoms with Crippen LogP contribution in [0.4, 0.5) is 0 Å². The van der Waals surface area contributed by atoms with Gasteiger partial charge in [-0.05, 0) is 38.5 Å². The number of rotatable bonds is 4. The first kappa shape index (κ1) is 14.4. The lowest BCUT2D eigenvalue weighted by Crippen LogP contribution is -2.38. The SMILES string of the molecule is Cc1ccc(S(=O)(=O)NCC(C)(C)O)cc1Cl. The summed E-state index contributed by atoms with van der Waals surface area (Å²) in [5.41, 5.74) is -0.283. The third kappa shape index (κ3) is 4.27. The molecule has 1 rings (SSSR count). The molecule has 17 heavy (non-hydrogen) atoms. The first-order valence-corrected chi connectivity index (χ1v) is 6.96. The van der Waals surface area contributed by atoms with E-state index < -0.39 is 15.6 Å². The molecule has 4 nitrogen and oxygen atoms in total. The monoisotopic (exact) mass is 277 g/mol. The predicted molar refractivity (Wildman–Crippen MR) is 67.7 cm³/mol. The molecule has 0 amide bonds. The summed E-state index contributed by atoms with van der Waals surface area (Å²) in [4.78, 5) is 0.0948. The predicted octanol–water partition coefficient (Wildman–Crippen LogP) is 1.70. The Bertz CT molecular complexity index is 506. The number of benzene rings is 1. The number of hydrogen-bond donors (Lipinski definition) is 2. The van der Waals surface area contributed by atoms with Crippen molar-refractivity contribution in [3.63, 3.8) is 0 Å². The summed E-state index contributed by atoms with van der Waals surface area (Å²) in [6.07, 6.45) is 0. The zero-order valence-electron chi connectivity index (χ0n) is 9.99. The highest BCUT2D eigenvalue weighted by Crippen LogP contribution is 2.19. The zero-order chi connectivity index (χ0) is 13.3. The molecule has 0 radical (unpaired) electrons. The van der Waals surface area contributed by atoms with Crippen molar-refractivity contribution in [1.29, 1.82) is 0 Å². The van der Waals surface area contributed by atoms with Crippen molar-refractivity contribution in [3.8, 4) is 0 Å². The standard InChI is InChI=1S/C11H16ClNO3S/c1-8-4-5-9(6-10(8)12)17(15,16)13-7-11(2,3)14/h4-6,13-14H,7H2,1-3H3. The van der Waals surface area contributed by atoms with Crippen LogP contribution in [0.15, 0.2) is 23.1 Å². The molecule has 96 valence electrons. The molecule has 0 saturated carbocycles. The van der Waals surface area contributed by atoms with Crippen molar-refractivity contribution in [2.75, 3.05) is 6.54 Å². The Hall–Kier alpha value is -0.620. The van der Waals surface area contributed by atoms with Crippen LogP contribution in [-0.2, 0) is 10.0 Å². The number of aliphatic hydroxyl groups is 1. The van der Waals surface area contributed by atoms with Crippen LogP contribution in [-0.4, -0.2) is 25.7 Å². The topological polar surface area (TPSA) is 66.4 Å². The van der Waals surface area contributed by atoms with Crippen molar-refractivity contribution in [1.82, 2.24) is 4.72 Å². The maximum absolute atomic E-state index is 11.9. The van der Waals surface area contributed by atoms with Gasteiger partial charge in [-0.1, -0.05) is 17.7 Å². The fourth-order valence-corrected chi connectivity index (χ4v) is 2.57. The largest absolute Gasteiger partial charge is 0.389 e. The minimum atomic E-state index is -3.63. The average Bonchev–Trinajstić information content (AvgIpc) is 2.18. The lowest BCUT2D eigenvalue weighted by molar-refractivity contribution is 0.0857. The Kier molecular flexibility index (Phi) is 4.19. The molecule has 0 spiro atoms. The molecule has 0 bridgehead atoms. The minimum absolute atomic E-state index is 0.0547. The first-order chi connectivity index (χ1) is 7.62. The second-order valence-corrected chi connectivity index (χ2v) is 6.72. The van der Waals surface area contributed by atoms with Gasteiger partial charge in [-0.15, -0.1) is 0 Å². The maximum Gasteiger partial charge on any atom is 0.240 e. The summed E-state index contributed by atoms with van der Waals surface area (Å²) in [6.45, 7) is 4.79. The maximum atomic E-state index is 11.9. The number of aryl methyl sites for hydroxylation is 1. The first-order valence-electron chi connectivity index (χ1n) is 5.10. The van der Waals surface area contributed by atoms with Gasteiger partial charge in [0.15, 0.2) is 0 Å². The lowest BCUT2D eigenvalue weighted by Gasteiger charge is -2.17. The van der Waals surface area contributed by atoms with E-state index in [1.165, 1.54) is 26.0 Å². The Labute approximate surface area is 107 Å². The number of sulfonamides is 1. The fourth-order valence-electron chi connectivity index (χ4n) is 1.10. The smallest absolute Gasteiger partial charge is 0.240 e. The van der Waals surface area contributed by atoms with E-state index in [1.807, 2.05) is 0 Å².